The van der Waals surface area contributed by atoms with Crippen molar-refractivity contribution in [1.82, 2.24) is 25.0 Å². The average Bonchev–Trinajstić information content (AvgIpc) is 3.20. The molecular weight excluding hydrogens is 533 g/mol. The standard InChI is InChI=1S/C28H30FN7O5/c1-15-19-10-17(29)7-8-18(19)26(38)35(5)14-20-24(21(11-30)36(6)34-20)16-9-22(40-15)25(31-12-16)33-23(37)13-32-27(39)41-28(2,3)4/h7-10,12,15H,13-14H2,1-6H3,(H,32,39)(H,31,33,37)/t15-/m1/s1. The number of fused-ring (bicyclic) bond motifs is 5. The fourth-order valence-corrected chi connectivity index (χ4v) is 4.35. The molecule has 1 aromatic carbocycles. The van der Waals surface area contributed by atoms with Crippen LogP contribution in [0.25, 0.3) is 11.1 Å². The number of amides is 3. The van der Waals surface area contributed by atoms with E-state index in [0.29, 0.717) is 16.8 Å². The Labute approximate surface area is 236 Å². The molecule has 13 heteroatoms. The molecule has 12 nitrogen and oxygen atoms in total. The van der Waals surface area contributed by atoms with E-state index >= 15 is 0 Å². The van der Waals surface area contributed by atoms with Crippen molar-refractivity contribution in [2.75, 3.05) is 18.9 Å². The minimum Gasteiger partial charge on any atom is -0.482 e. The van der Waals surface area contributed by atoms with Gasteiger partial charge >= 0.3 is 6.09 Å². The Morgan fingerprint density at radius 1 is 1.27 bits per heavy atom. The van der Waals surface area contributed by atoms with Crippen molar-refractivity contribution < 1.29 is 28.2 Å². The van der Waals surface area contributed by atoms with Crippen LogP contribution in [0.5, 0.6) is 5.75 Å². The maximum absolute atomic E-state index is 14.3. The third-order valence-electron chi connectivity index (χ3n) is 6.14. The summed E-state index contributed by atoms with van der Waals surface area (Å²) in [6, 6.07) is 7.52. The number of hydrogen-bond donors (Lipinski definition) is 2. The van der Waals surface area contributed by atoms with E-state index in [1.165, 1.54) is 34.0 Å². The third-order valence-corrected chi connectivity index (χ3v) is 6.14. The first-order chi connectivity index (χ1) is 19.3. The Hall–Kier alpha value is -4.99. The molecule has 0 unspecified atom stereocenters. The number of halogens is 1. The molecular formula is C28H30FN7O5. The molecule has 1 atom stereocenters. The van der Waals surface area contributed by atoms with E-state index in [4.69, 9.17) is 9.47 Å². The van der Waals surface area contributed by atoms with Crippen molar-refractivity contribution in [2.45, 2.75) is 45.9 Å². The number of carbonyl (C=O) groups is 3. The zero-order valence-electron chi connectivity index (χ0n) is 23.5. The number of nitrogens with zero attached hydrogens (tertiary/aromatic N) is 5. The summed E-state index contributed by atoms with van der Waals surface area (Å²) >= 11 is 0. The monoisotopic (exact) mass is 563 g/mol. The number of hydrogen-bond acceptors (Lipinski definition) is 8. The molecule has 0 saturated carbocycles. The van der Waals surface area contributed by atoms with Crippen LogP contribution >= 0.6 is 0 Å². The van der Waals surface area contributed by atoms with Gasteiger partial charge in [0.1, 0.15) is 35.8 Å². The smallest absolute Gasteiger partial charge is 0.408 e. The fraction of sp³-hybridized carbons (Fsp3) is 0.357. The highest BCUT2D eigenvalue weighted by molar-refractivity contribution is 5.96. The van der Waals surface area contributed by atoms with Crippen molar-refractivity contribution in [3.05, 3.63) is 58.8 Å². The Morgan fingerprint density at radius 3 is 2.68 bits per heavy atom. The molecule has 3 amide bonds. The van der Waals surface area contributed by atoms with Gasteiger partial charge in [0, 0.05) is 42.5 Å². The van der Waals surface area contributed by atoms with Gasteiger partial charge in [0.05, 0.1) is 12.2 Å². The van der Waals surface area contributed by atoms with Gasteiger partial charge in [-0.05, 0) is 52.0 Å². The molecule has 1 aliphatic heterocycles. The van der Waals surface area contributed by atoms with Gasteiger partial charge < -0.3 is 25.0 Å². The largest absolute Gasteiger partial charge is 0.482 e. The lowest BCUT2D eigenvalue weighted by Crippen LogP contribution is -2.37. The first kappa shape index (κ1) is 29.0. The van der Waals surface area contributed by atoms with Crippen molar-refractivity contribution >= 4 is 23.7 Å². The summed E-state index contributed by atoms with van der Waals surface area (Å²) in [6.45, 7) is 6.37. The van der Waals surface area contributed by atoms with Crippen molar-refractivity contribution in [3.8, 4) is 22.9 Å². The van der Waals surface area contributed by atoms with Crippen LogP contribution in [0.4, 0.5) is 15.0 Å². The van der Waals surface area contributed by atoms with Gasteiger partial charge in [-0.1, -0.05) is 0 Å². The van der Waals surface area contributed by atoms with Crippen molar-refractivity contribution in [3.63, 3.8) is 0 Å². The van der Waals surface area contributed by atoms with Crippen LogP contribution < -0.4 is 15.4 Å². The third kappa shape index (κ3) is 6.43. The van der Waals surface area contributed by atoms with Crippen LogP contribution in [0.15, 0.2) is 30.5 Å². The molecule has 3 aromatic rings. The molecule has 214 valence electrons. The summed E-state index contributed by atoms with van der Waals surface area (Å²) in [7, 11) is 3.20. The number of benzene rings is 1. The predicted molar refractivity (Wildman–Crippen MR) is 145 cm³/mol. The van der Waals surface area contributed by atoms with Gasteiger partial charge in [-0.15, -0.1) is 0 Å². The lowest BCUT2D eigenvalue weighted by atomic mass is 10.00. The maximum atomic E-state index is 14.3. The molecule has 4 rings (SSSR count). The minimum atomic E-state index is -0.853. The minimum absolute atomic E-state index is 0.0130. The summed E-state index contributed by atoms with van der Waals surface area (Å²) in [5.74, 6) is -1.46. The number of ether oxygens (including phenoxy) is 2. The second kappa shape index (κ2) is 11.2. The number of rotatable bonds is 3. The fourth-order valence-electron chi connectivity index (χ4n) is 4.35. The molecule has 2 bridgehead atoms. The Kier molecular flexibility index (Phi) is 7.95. The van der Waals surface area contributed by atoms with E-state index in [9.17, 15) is 24.0 Å². The highest BCUT2D eigenvalue weighted by Gasteiger charge is 2.28. The highest BCUT2D eigenvalue weighted by Crippen LogP contribution is 2.36. The van der Waals surface area contributed by atoms with E-state index in [0.717, 1.165) is 0 Å². The Bertz CT molecular complexity index is 1570. The van der Waals surface area contributed by atoms with Crippen LogP contribution in [0, 0.1) is 17.1 Å². The molecule has 2 N–H and O–H groups in total. The quantitative estimate of drug-likeness (QED) is 0.490. The van der Waals surface area contributed by atoms with Crippen LogP contribution in [-0.2, 0) is 23.1 Å². The lowest BCUT2D eigenvalue weighted by Gasteiger charge is -2.24. The number of aromatic nitrogens is 3. The van der Waals surface area contributed by atoms with Crippen LogP contribution in [0.1, 0.15) is 61.1 Å². The zero-order valence-corrected chi connectivity index (χ0v) is 23.5. The topological polar surface area (TPSA) is 151 Å². The summed E-state index contributed by atoms with van der Waals surface area (Å²) < 4.78 is 27.1. The number of alkyl carbamates (subject to hydrolysis) is 1. The van der Waals surface area contributed by atoms with Gasteiger partial charge in [-0.25, -0.2) is 14.2 Å². The van der Waals surface area contributed by atoms with Crippen molar-refractivity contribution in [1.29, 1.82) is 5.26 Å². The van der Waals surface area contributed by atoms with Crippen LogP contribution in [-0.4, -0.2) is 56.8 Å². The number of carbonyl (C=O) groups excluding carboxylic acids is 3. The second-order valence-electron chi connectivity index (χ2n) is 10.5. The Morgan fingerprint density at radius 2 is 2.00 bits per heavy atom. The van der Waals surface area contributed by atoms with Gasteiger partial charge in [-0.2, -0.15) is 10.4 Å². The van der Waals surface area contributed by atoms with Gasteiger partial charge in [0.25, 0.3) is 5.91 Å². The SMILES string of the molecule is C[C@H]1Oc2cc(cnc2NC(=O)CNC(=O)OC(C)(C)C)-c2c(nn(C)c2C#N)CN(C)C(=O)c2ccc(F)cc21. The highest BCUT2D eigenvalue weighted by atomic mass is 19.1. The van der Waals surface area contributed by atoms with E-state index in [1.54, 1.807) is 47.9 Å². The van der Waals surface area contributed by atoms with Crippen LogP contribution in [0.3, 0.4) is 0 Å². The number of nitriles is 1. The number of anilines is 1. The van der Waals surface area contributed by atoms with Gasteiger partial charge in [0.2, 0.25) is 5.91 Å². The van der Waals surface area contributed by atoms with Crippen molar-refractivity contribution in [2.24, 2.45) is 7.05 Å². The van der Waals surface area contributed by atoms with E-state index in [2.05, 4.69) is 26.8 Å². The first-order valence-corrected chi connectivity index (χ1v) is 12.7. The maximum Gasteiger partial charge on any atom is 0.408 e. The predicted octanol–water partition coefficient (Wildman–Crippen LogP) is 3.68. The van der Waals surface area contributed by atoms with E-state index in [1.807, 2.05) is 0 Å². The summed E-state index contributed by atoms with van der Waals surface area (Å²) in [5.41, 5.74) is 1.34. The lowest BCUT2D eigenvalue weighted by molar-refractivity contribution is -0.115. The van der Waals surface area contributed by atoms with Gasteiger partial charge in [0.15, 0.2) is 11.6 Å². The Balaban J connectivity index is 1.77. The summed E-state index contributed by atoms with van der Waals surface area (Å²) in [6.07, 6.45) is -0.178. The molecule has 3 heterocycles. The van der Waals surface area contributed by atoms with E-state index in [-0.39, 0.29) is 34.9 Å². The first-order valence-electron chi connectivity index (χ1n) is 12.7. The summed E-state index contributed by atoms with van der Waals surface area (Å²) in [4.78, 5) is 43.9. The molecule has 0 spiro atoms. The average molecular weight is 564 g/mol. The molecule has 0 saturated heterocycles. The zero-order chi connectivity index (χ0) is 30.1. The second-order valence-corrected chi connectivity index (χ2v) is 10.5. The molecule has 1 aliphatic rings. The number of nitrogens with one attached hydrogen (secondary N) is 2. The van der Waals surface area contributed by atoms with E-state index < -0.39 is 42.0 Å². The molecule has 2 aromatic heterocycles. The number of aryl methyl sites for hydroxylation is 1. The van der Waals surface area contributed by atoms with Crippen LogP contribution in [0.2, 0.25) is 0 Å². The normalized spacial score (nSPS) is 14.8. The molecule has 0 fully saturated rings. The molecule has 0 radical (unpaired) electrons. The summed E-state index contributed by atoms with van der Waals surface area (Å²) in [5, 5.41) is 19.3. The molecule has 41 heavy (non-hydrogen) atoms. The molecule has 0 aliphatic carbocycles. The van der Waals surface area contributed by atoms with Gasteiger partial charge in [-0.3, -0.25) is 14.3 Å². The number of pyridine rings is 1.